The van der Waals surface area contributed by atoms with Crippen molar-refractivity contribution in [3.05, 3.63) is 22.2 Å². The van der Waals surface area contributed by atoms with Crippen LogP contribution in [-0.2, 0) is 6.61 Å². The number of halogens is 1. The van der Waals surface area contributed by atoms with Crippen LogP contribution in [0.1, 0.15) is 5.56 Å². The van der Waals surface area contributed by atoms with Crippen molar-refractivity contribution in [1.29, 1.82) is 0 Å². The molecule has 1 aromatic heterocycles. The number of hydrogen-bond donors (Lipinski definition) is 3. The predicted molar refractivity (Wildman–Crippen MR) is 54.1 cm³/mol. The standard InChI is InChI=1S/C8H8BrN3O/c9-5-2-7-6(1-4(5)3-13)11-8(10)12-7/h1-2,13H,3H2,(H3,10,11,12). The van der Waals surface area contributed by atoms with Crippen molar-refractivity contribution in [3.8, 4) is 0 Å². The molecule has 68 valence electrons. The number of nitrogen functional groups attached to an aromatic ring is 1. The number of rotatable bonds is 1. The normalized spacial score (nSPS) is 10.9. The highest BCUT2D eigenvalue weighted by molar-refractivity contribution is 9.10. The highest BCUT2D eigenvalue weighted by atomic mass is 79.9. The van der Waals surface area contributed by atoms with Gasteiger partial charge < -0.3 is 15.8 Å². The van der Waals surface area contributed by atoms with Gasteiger partial charge in [0.25, 0.3) is 0 Å². The van der Waals surface area contributed by atoms with E-state index in [4.69, 9.17) is 10.8 Å². The molecule has 0 saturated heterocycles. The molecule has 0 aliphatic rings. The monoisotopic (exact) mass is 241 g/mol. The smallest absolute Gasteiger partial charge is 0.198 e. The number of aliphatic hydroxyl groups excluding tert-OH is 1. The lowest BCUT2D eigenvalue weighted by Crippen LogP contribution is -1.85. The van der Waals surface area contributed by atoms with Crippen molar-refractivity contribution in [2.24, 2.45) is 0 Å². The molecule has 2 aromatic rings. The number of hydrogen-bond acceptors (Lipinski definition) is 3. The summed E-state index contributed by atoms with van der Waals surface area (Å²) in [7, 11) is 0. The molecule has 4 N–H and O–H groups in total. The average molecular weight is 242 g/mol. The van der Waals surface area contributed by atoms with Crippen LogP contribution in [0.2, 0.25) is 0 Å². The predicted octanol–water partition coefficient (Wildman–Crippen LogP) is 1.40. The first-order chi connectivity index (χ1) is 6.20. The molecule has 0 fully saturated rings. The fraction of sp³-hybridized carbons (Fsp3) is 0.125. The number of aromatic nitrogens is 2. The lowest BCUT2D eigenvalue weighted by atomic mass is 10.2. The summed E-state index contributed by atoms with van der Waals surface area (Å²) in [5.74, 6) is 0.386. The molecule has 0 saturated carbocycles. The molecule has 0 radical (unpaired) electrons. The molecular weight excluding hydrogens is 234 g/mol. The van der Waals surface area contributed by atoms with Crippen molar-refractivity contribution < 1.29 is 5.11 Å². The molecule has 0 amide bonds. The van der Waals surface area contributed by atoms with Crippen LogP contribution in [0.4, 0.5) is 5.95 Å². The van der Waals surface area contributed by atoms with Crippen LogP contribution in [-0.4, -0.2) is 15.1 Å². The van der Waals surface area contributed by atoms with Crippen LogP contribution in [0.3, 0.4) is 0 Å². The largest absolute Gasteiger partial charge is 0.392 e. The van der Waals surface area contributed by atoms with Gasteiger partial charge in [-0.1, -0.05) is 15.9 Å². The van der Waals surface area contributed by atoms with E-state index in [0.29, 0.717) is 5.95 Å². The maximum atomic E-state index is 8.99. The lowest BCUT2D eigenvalue weighted by Gasteiger charge is -1.98. The van der Waals surface area contributed by atoms with Crippen LogP contribution in [0, 0.1) is 0 Å². The number of H-pyrrole nitrogens is 1. The summed E-state index contributed by atoms with van der Waals surface area (Å²) in [5.41, 5.74) is 7.93. The molecule has 2 rings (SSSR count). The molecule has 1 heterocycles. The van der Waals surface area contributed by atoms with Gasteiger partial charge in [-0.15, -0.1) is 0 Å². The van der Waals surface area contributed by atoms with Gasteiger partial charge in [0.05, 0.1) is 17.6 Å². The molecular formula is C8H8BrN3O. The second kappa shape index (κ2) is 3.01. The van der Waals surface area contributed by atoms with Gasteiger partial charge in [-0.2, -0.15) is 0 Å². The van der Waals surface area contributed by atoms with Crippen molar-refractivity contribution in [2.75, 3.05) is 5.73 Å². The van der Waals surface area contributed by atoms with Gasteiger partial charge in [-0.05, 0) is 17.7 Å². The Labute approximate surface area is 82.9 Å². The third-order valence-corrected chi connectivity index (χ3v) is 2.58. The zero-order valence-electron chi connectivity index (χ0n) is 6.71. The van der Waals surface area contributed by atoms with Gasteiger partial charge in [-0.25, -0.2) is 4.98 Å². The molecule has 0 atom stereocenters. The van der Waals surface area contributed by atoms with Crippen molar-refractivity contribution in [3.63, 3.8) is 0 Å². The molecule has 13 heavy (non-hydrogen) atoms. The van der Waals surface area contributed by atoms with Crippen LogP contribution in [0.5, 0.6) is 0 Å². The van der Waals surface area contributed by atoms with Crippen LogP contribution in [0.25, 0.3) is 11.0 Å². The second-order valence-corrected chi connectivity index (χ2v) is 3.60. The number of nitrogens with one attached hydrogen (secondary N) is 1. The highest BCUT2D eigenvalue weighted by Crippen LogP contribution is 2.23. The molecule has 0 spiro atoms. The summed E-state index contributed by atoms with van der Waals surface area (Å²) in [6.07, 6.45) is 0. The van der Waals surface area contributed by atoms with Crippen LogP contribution < -0.4 is 5.73 Å². The summed E-state index contributed by atoms with van der Waals surface area (Å²) in [4.78, 5) is 6.96. The Hall–Kier alpha value is -1.07. The quantitative estimate of drug-likeness (QED) is 0.707. The minimum atomic E-state index is -0.00452. The molecule has 4 nitrogen and oxygen atoms in total. The maximum absolute atomic E-state index is 8.99. The van der Waals surface area contributed by atoms with E-state index < -0.39 is 0 Å². The van der Waals surface area contributed by atoms with E-state index in [1.54, 1.807) is 0 Å². The van der Waals surface area contributed by atoms with E-state index in [-0.39, 0.29) is 6.61 Å². The zero-order valence-corrected chi connectivity index (χ0v) is 8.30. The number of fused-ring (bicyclic) bond motifs is 1. The number of aliphatic hydroxyl groups is 1. The second-order valence-electron chi connectivity index (χ2n) is 2.74. The van der Waals surface area contributed by atoms with E-state index in [1.165, 1.54) is 0 Å². The Balaban J connectivity index is 2.72. The Bertz CT molecular complexity index is 452. The van der Waals surface area contributed by atoms with Gasteiger partial charge in [0, 0.05) is 4.47 Å². The van der Waals surface area contributed by atoms with E-state index in [0.717, 1.165) is 21.1 Å². The summed E-state index contributed by atoms with van der Waals surface area (Å²) in [6.45, 7) is -0.00452. The number of imidazole rings is 1. The number of aromatic amines is 1. The van der Waals surface area contributed by atoms with Crippen LogP contribution in [0.15, 0.2) is 16.6 Å². The summed E-state index contributed by atoms with van der Waals surface area (Å²) in [6, 6.07) is 3.65. The van der Waals surface area contributed by atoms with Gasteiger partial charge in [0.15, 0.2) is 5.95 Å². The fourth-order valence-corrected chi connectivity index (χ4v) is 1.67. The summed E-state index contributed by atoms with van der Waals surface area (Å²) < 4.78 is 0.842. The summed E-state index contributed by atoms with van der Waals surface area (Å²) >= 11 is 3.33. The number of nitrogens with zero attached hydrogens (tertiary/aromatic N) is 1. The lowest BCUT2D eigenvalue weighted by molar-refractivity contribution is 0.281. The number of nitrogens with two attached hydrogens (primary N) is 1. The molecule has 0 bridgehead atoms. The topological polar surface area (TPSA) is 74.9 Å². The van der Waals surface area contributed by atoms with Gasteiger partial charge in [0.1, 0.15) is 0 Å². The van der Waals surface area contributed by atoms with Gasteiger partial charge >= 0.3 is 0 Å². The molecule has 1 aromatic carbocycles. The Kier molecular flexibility index (Phi) is 1.97. The Morgan fingerprint density at radius 1 is 1.54 bits per heavy atom. The minimum Gasteiger partial charge on any atom is -0.392 e. The molecule has 0 aliphatic carbocycles. The molecule has 5 heteroatoms. The third kappa shape index (κ3) is 1.40. The molecule has 0 unspecified atom stereocenters. The van der Waals surface area contributed by atoms with E-state index >= 15 is 0 Å². The van der Waals surface area contributed by atoms with E-state index in [9.17, 15) is 0 Å². The third-order valence-electron chi connectivity index (χ3n) is 1.84. The van der Waals surface area contributed by atoms with Gasteiger partial charge in [0.2, 0.25) is 0 Å². The average Bonchev–Trinajstić information content (AvgIpc) is 2.42. The zero-order chi connectivity index (χ0) is 9.42. The SMILES string of the molecule is Nc1nc2cc(Br)c(CO)cc2[nH]1. The number of anilines is 1. The van der Waals surface area contributed by atoms with Crippen molar-refractivity contribution in [1.82, 2.24) is 9.97 Å². The Morgan fingerprint density at radius 2 is 2.31 bits per heavy atom. The van der Waals surface area contributed by atoms with E-state index in [1.807, 2.05) is 12.1 Å². The molecule has 0 aliphatic heterocycles. The number of benzene rings is 1. The van der Waals surface area contributed by atoms with Crippen molar-refractivity contribution in [2.45, 2.75) is 6.61 Å². The van der Waals surface area contributed by atoms with Crippen LogP contribution >= 0.6 is 15.9 Å². The minimum absolute atomic E-state index is 0.00452. The Morgan fingerprint density at radius 3 is 3.00 bits per heavy atom. The highest BCUT2D eigenvalue weighted by Gasteiger charge is 2.04. The van der Waals surface area contributed by atoms with Crippen molar-refractivity contribution >= 4 is 32.9 Å². The first-order valence-electron chi connectivity index (χ1n) is 3.75. The summed E-state index contributed by atoms with van der Waals surface area (Å²) in [5, 5.41) is 8.99. The van der Waals surface area contributed by atoms with E-state index in [2.05, 4.69) is 25.9 Å². The fourth-order valence-electron chi connectivity index (χ4n) is 1.22. The first kappa shape index (κ1) is 8.52. The van der Waals surface area contributed by atoms with Gasteiger partial charge in [-0.3, -0.25) is 0 Å². The maximum Gasteiger partial charge on any atom is 0.198 e. The first-order valence-corrected chi connectivity index (χ1v) is 4.54.